The number of phenols is 2. The average Bonchev–Trinajstić information content (AvgIpc) is 3.48. The lowest BCUT2D eigenvalue weighted by Gasteiger charge is -2.40. The molecule has 0 radical (unpaired) electrons. The van der Waals surface area contributed by atoms with Gasteiger partial charge in [0.05, 0.1) is 42.5 Å². The molecule has 158 valence electrons. The van der Waals surface area contributed by atoms with E-state index < -0.39 is 22.9 Å². The lowest BCUT2D eigenvalue weighted by Crippen LogP contribution is -2.49. The zero-order valence-corrected chi connectivity index (χ0v) is 16.9. The van der Waals surface area contributed by atoms with Crippen molar-refractivity contribution in [3.05, 3.63) is 35.6 Å². The maximum Gasteiger partial charge on any atom is 0.203 e. The summed E-state index contributed by atoms with van der Waals surface area (Å²) in [6, 6.07) is 7.97. The van der Waals surface area contributed by atoms with Gasteiger partial charge in [0.15, 0.2) is 17.3 Å². The zero-order valence-electron chi connectivity index (χ0n) is 16.9. The van der Waals surface area contributed by atoms with Gasteiger partial charge in [0.1, 0.15) is 5.82 Å². The minimum absolute atomic E-state index is 0.0214. The normalized spacial score (nSPS) is 17.8. The summed E-state index contributed by atoms with van der Waals surface area (Å²) in [6.07, 6.45) is 2.43. The van der Waals surface area contributed by atoms with Crippen molar-refractivity contribution in [2.45, 2.75) is 37.9 Å². The fourth-order valence-corrected chi connectivity index (χ4v) is 3.96. The van der Waals surface area contributed by atoms with Crippen molar-refractivity contribution in [1.82, 2.24) is 14.9 Å². The third-order valence-electron chi connectivity index (χ3n) is 5.90. The molecule has 5 rings (SSSR count). The van der Waals surface area contributed by atoms with Crippen LogP contribution in [0.1, 0.15) is 25.3 Å². The molecule has 3 aromatic rings. The van der Waals surface area contributed by atoms with Gasteiger partial charge in [0.25, 0.3) is 0 Å². The van der Waals surface area contributed by atoms with Gasteiger partial charge in [-0.3, -0.25) is 0 Å². The van der Waals surface area contributed by atoms with E-state index >= 15 is 4.39 Å². The molecule has 2 aromatic carbocycles. The number of aromatic hydroxyl groups is 2. The Morgan fingerprint density at radius 2 is 2.03 bits per heavy atom. The summed E-state index contributed by atoms with van der Waals surface area (Å²) in [4.78, 5) is 4.69. The number of fused-ring (bicyclic) bond motifs is 1. The molecule has 2 fully saturated rings. The average molecular weight is 413 g/mol. The van der Waals surface area contributed by atoms with Crippen LogP contribution in [0.4, 0.5) is 4.39 Å². The molecule has 30 heavy (non-hydrogen) atoms. The second kappa shape index (κ2) is 6.85. The highest BCUT2D eigenvalue weighted by molar-refractivity contribution is 5.83. The Bertz CT molecular complexity index is 1140. The van der Waals surface area contributed by atoms with Crippen LogP contribution in [-0.2, 0) is 16.8 Å². The summed E-state index contributed by atoms with van der Waals surface area (Å²) in [6.45, 7) is 3.74. The van der Waals surface area contributed by atoms with Crippen molar-refractivity contribution in [3.63, 3.8) is 0 Å². The molecule has 0 atom stereocenters. The molecule has 0 bridgehead atoms. The van der Waals surface area contributed by atoms with E-state index in [1.54, 1.807) is 0 Å². The van der Waals surface area contributed by atoms with Gasteiger partial charge >= 0.3 is 0 Å². The Morgan fingerprint density at radius 3 is 2.67 bits per heavy atom. The Balaban J connectivity index is 1.70. The van der Waals surface area contributed by atoms with Gasteiger partial charge < -0.3 is 29.6 Å². The van der Waals surface area contributed by atoms with Gasteiger partial charge in [0, 0.05) is 12.6 Å². The number of hydrogen-bond donors (Lipinski definition) is 3. The van der Waals surface area contributed by atoms with Crippen LogP contribution in [0.3, 0.4) is 0 Å². The quantitative estimate of drug-likeness (QED) is 0.538. The maximum absolute atomic E-state index is 15.0. The van der Waals surface area contributed by atoms with Crippen molar-refractivity contribution >= 4 is 11.0 Å². The first-order chi connectivity index (χ1) is 14.4. The highest BCUT2D eigenvalue weighted by Gasteiger charge is 2.39. The van der Waals surface area contributed by atoms with Crippen molar-refractivity contribution in [3.8, 4) is 28.6 Å². The number of ether oxygens (including phenoxy) is 2. The molecule has 1 aliphatic carbocycles. The first-order valence-electron chi connectivity index (χ1n) is 10.0. The van der Waals surface area contributed by atoms with E-state index in [1.807, 2.05) is 23.6 Å². The van der Waals surface area contributed by atoms with Crippen LogP contribution in [0.2, 0.25) is 0 Å². The number of halogens is 1. The molecule has 1 aromatic heterocycles. The van der Waals surface area contributed by atoms with E-state index in [9.17, 15) is 10.2 Å². The predicted molar refractivity (Wildman–Crippen MR) is 109 cm³/mol. The van der Waals surface area contributed by atoms with Gasteiger partial charge in [-0.2, -0.15) is 0 Å². The lowest BCUT2D eigenvalue weighted by atomic mass is 9.98. The summed E-state index contributed by atoms with van der Waals surface area (Å²) in [5, 5.41) is 23.6. The van der Waals surface area contributed by atoms with Crippen molar-refractivity contribution in [1.29, 1.82) is 0 Å². The van der Waals surface area contributed by atoms with Crippen molar-refractivity contribution in [2.75, 3.05) is 20.3 Å². The van der Waals surface area contributed by atoms with Crippen LogP contribution in [0.25, 0.3) is 22.4 Å². The zero-order chi connectivity index (χ0) is 21.0. The minimum Gasteiger partial charge on any atom is -0.502 e. The topological polar surface area (TPSA) is 88.8 Å². The molecule has 7 nitrogen and oxygen atoms in total. The van der Waals surface area contributed by atoms with E-state index in [-0.39, 0.29) is 11.3 Å². The number of imidazole rings is 1. The highest BCUT2D eigenvalue weighted by atomic mass is 19.1. The number of phenolic OH excluding ortho intramolecular Hbond substituents is 2. The number of nitrogens with zero attached hydrogens (tertiary/aromatic N) is 2. The third kappa shape index (κ3) is 2.98. The van der Waals surface area contributed by atoms with Gasteiger partial charge in [-0.25, -0.2) is 9.37 Å². The highest BCUT2D eigenvalue weighted by Crippen LogP contribution is 2.44. The van der Waals surface area contributed by atoms with Crippen LogP contribution in [0.5, 0.6) is 17.2 Å². The Morgan fingerprint density at radius 1 is 1.27 bits per heavy atom. The summed E-state index contributed by atoms with van der Waals surface area (Å²) >= 11 is 0. The monoisotopic (exact) mass is 413 g/mol. The Kier molecular flexibility index (Phi) is 4.37. The van der Waals surface area contributed by atoms with Crippen LogP contribution in [0.15, 0.2) is 24.3 Å². The van der Waals surface area contributed by atoms with Crippen LogP contribution < -0.4 is 10.1 Å². The summed E-state index contributed by atoms with van der Waals surface area (Å²) < 4.78 is 27.6. The lowest BCUT2D eigenvalue weighted by molar-refractivity contribution is -0.0868. The maximum atomic E-state index is 15.0. The number of benzene rings is 2. The molecule has 1 saturated heterocycles. The van der Waals surface area contributed by atoms with E-state index in [0.717, 1.165) is 23.1 Å². The van der Waals surface area contributed by atoms with E-state index in [2.05, 4.69) is 16.4 Å². The summed E-state index contributed by atoms with van der Waals surface area (Å²) in [7, 11) is 1.35. The van der Waals surface area contributed by atoms with Crippen LogP contribution >= 0.6 is 0 Å². The van der Waals surface area contributed by atoms with E-state index in [1.165, 1.54) is 26.0 Å². The number of nitrogens with one attached hydrogen (secondary N) is 1. The molecule has 0 spiro atoms. The SMILES string of the molecule is COc1cc(-c2nc3ccc(CNC4CC4)cc3n2C2(C)COC2)c(F)c(O)c1O. The molecule has 0 amide bonds. The molecule has 8 heteroatoms. The Hall–Kier alpha value is -2.84. The van der Waals surface area contributed by atoms with Gasteiger partial charge in [-0.05, 0) is 43.5 Å². The van der Waals surface area contributed by atoms with Gasteiger partial charge in [0.2, 0.25) is 5.75 Å². The molecule has 2 aliphatic rings. The largest absolute Gasteiger partial charge is 0.502 e. The number of methoxy groups -OCH3 is 1. The fraction of sp³-hybridized carbons (Fsp3) is 0.409. The van der Waals surface area contributed by atoms with Crippen LogP contribution in [-0.4, -0.2) is 46.1 Å². The summed E-state index contributed by atoms with van der Waals surface area (Å²) in [5.41, 5.74) is 2.37. The molecular formula is C22H24FN3O4. The second-order valence-corrected chi connectivity index (χ2v) is 8.38. The third-order valence-corrected chi connectivity index (χ3v) is 5.90. The molecule has 1 saturated carbocycles. The fourth-order valence-electron chi connectivity index (χ4n) is 3.96. The molecule has 1 aliphatic heterocycles. The molecule has 0 unspecified atom stereocenters. The Labute approximate surface area is 173 Å². The number of rotatable bonds is 6. The predicted octanol–water partition coefficient (Wildman–Crippen LogP) is 3.26. The van der Waals surface area contributed by atoms with E-state index in [4.69, 9.17) is 9.47 Å². The molecule has 3 N–H and O–H groups in total. The molecule has 2 heterocycles. The van der Waals surface area contributed by atoms with Crippen molar-refractivity contribution < 1.29 is 24.1 Å². The number of aromatic nitrogens is 2. The summed E-state index contributed by atoms with van der Waals surface area (Å²) in [5.74, 6) is -2.09. The smallest absolute Gasteiger partial charge is 0.203 e. The van der Waals surface area contributed by atoms with Gasteiger partial charge in [-0.15, -0.1) is 0 Å². The van der Waals surface area contributed by atoms with Crippen LogP contribution in [0, 0.1) is 5.82 Å². The number of hydrogen-bond acceptors (Lipinski definition) is 6. The molecular weight excluding hydrogens is 389 g/mol. The van der Waals surface area contributed by atoms with Gasteiger partial charge in [-0.1, -0.05) is 6.07 Å². The van der Waals surface area contributed by atoms with E-state index in [0.29, 0.717) is 25.1 Å². The van der Waals surface area contributed by atoms with Crippen molar-refractivity contribution in [2.24, 2.45) is 0 Å². The standard InChI is InChI=1S/C22H24FN3O4/c1-22(10-30-11-22)26-16-7-12(9-24-13-4-5-13)3-6-15(16)25-21(26)14-8-17(29-2)19(27)20(28)18(14)23/h3,6-8,13,24,27-28H,4-5,9-11H2,1-2H3. The second-order valence-electron chi connectivity index (χ2n) is 8.38. The first kappa shape index (κ1) is 19.1. The minimum atomic E-state index is -0.940. The first-order valence-corrected chi connectivity index (χ1v) is 10.0.